The molecule has 0 saturated heterocycles. The molecule has 12 rings (SSSR count). The zero-order valence-corrected chi connectivity index (χ0v) is 72.9. The predicted molar refractivity (Wildman–Crippen MR) is 428 cm³/mol. The maximum absolute atomic E-state index is 4.62. The first kappa shape index (κ1) is 113. The molecule has 0 saturated carbocycles. The van der Waals surface area contributed by atoms with Gasteiger partial charge in [-0.3, -0.25) is 15.0 Å². The summed E-state index contributed by atoms with van der Waals surface area (Å²) in [6.45, 7) is 68.4. The van der Waals surface area contributed by atoms with E-state index in [4.69, 9.17) is 0 Å². The molecule has 12 heterocycles. The molecule has 1 N–H and O–H groups in total. The van der Waals surface area contributed by atoms with Gasteiger partial charge in [0, 0.05) is 88.7 Å². The van der Waals surface area contributed by atoms with Gasteiger partial charge in [0.15, 0.2) is 12.7 Å². The second kappa shape index (κ2) is 91.7. The van der Waals surface area contributed by atoms with Gasteiger partial charge < -0.3 is 18.6 Å². The summed E-state index contributed by atoms with van der Waals surface area (Å²) in [6, 6.07) is 1.72. The monoisotopic (exact) mass is 1560 g/mol. The van der Waals surface area contributed by atoms with Crippen LogP contribution >= 0.6 is 57.9 Å². The van der Waals surface area contributed by atoms with Crippen LogP contribution in [-0.4, -0.2) is 129 Å². The maximum atomic E-state index is 4.62. The fraction of sp³-hybridized carbons (Fsp3) is 0.638. The second-order valence-corrected chi connectivity index (χ2v) is 30.0. The topological polar surface area (TPSA) is 404 Å². The Hall–Kier alpha value is -8.35. The Balaban J connectivity index is -0.000000158. The highest BCUT2D eigenvalue weighted by molar-refractivity contribution is 7.07. The molecule has 12 aromatic heterocycles. The van der Waals surface area contributed by atoms with Gasteiger partial charge in [-0.05, 0) is 86.4 Å². The number of imidazole rings is 1. The van der Waals surface area contributed by atoms with Gasteiger partial charge in [0.1, 0.15) is 23.2 Å². The SMILES string of the molecule is CC(C)C.CC(C)C.CC(C)C.CC(C)C.CC(C)C.CC(C)C.CC(C)C.CC(C)C.CC(C)c1cnon1.CC(C)c1cnsn1.CC(C)c1nnno1.CC(C)c1nnns1.c1c[nH]cn1.c1cnccn1.c1cnoc1.c1conn1.c1cscn1.c1csnn1.c1nnon1.c1nnsn1. The van der Waals surface area contributed by atoms with E-state index in [0.717, 1.165) is 75.5 Å². The van der Waals surface area contributed by atoms with E-state index < -0.39 is 0 Å². The molecule has 105 heavy (non-hydrogen) atoms. The van der Waals surface area contributed by atoms with Gasteiger partial charge in [0.25, 0.3) is 5.89 Å². The molecule has 0 bridgehead atoms. The zero-order chi connectivity index (χ0) is 81.5. The van der Waals surface area contributed by atoms with E-state index in [1.165, 1.54) is 66.2 Å². The van der Waals surface area contributed by atoms with E-state index in [2.05, 4.69) is 346 Å². The third-order valence-corrected chi connectivity index (χ3v) is 8.86. The van der Waals surface area contributed by atoms with Gasteiger partial charge in [0.2, 0.25) is 0 Å². The Labute approximate surface area is 648 Å². The highest BCUT2D eigenvalue weighted by Gasteiger charge is 2.04. The number of aromatic nitrogens is 26. The molecule has 0 aliphatic carbocycles. The number of H-pyrrole nitrogens is 1. The first-order valence-electron chi connectivity index (χ1n) is 34.3. The molecule has 596 valence electrons. The van der Waals surface area contributed by atoms with Crippen molar-refractivity contribution in [2.45, 2.75) is 245 Å². The van der Waals surface area contributed by atoms with E-state index in [0.29, 0.717) is 23.6 Å². The molecule has 0 aliphatic heterocycles. The fourth-order valence-electron chi connectivity index (χ4n) is 2.88. The summed E-state index contributed by atoms with van der Waals surface area (Å²) in [6.07, 6.45) is 27.1. The summed E-state index contributed by atoms with van der Waals surface area (Å²) >= 11 is 6.68. The predicted octanol–water partition coefficient (Wildman–Crippen LogP) is 20.5. The molecule has 12 aromatic rings. The van der Waals surface area contributed by atoms with Crippen molar-refractivity contribution in [3.8, 4) is 0 Å². The number of hydrogen-bond donors (Lipinski definition) is 1. The average Bonchev–Trinajstić information content (AvgIpc) is 1.86. The van der Waals surface area contributed by atoms with Crippen LogP contribution in [0.25, 0.3) is 0 Å². The van der Waals surface area contributed by atoms with Gasteiger partial charge in [-0.25, -0.2) is 14.2 Å². The van der Waals surface area contributed by atoms with Gasteiger partial charge in [-0.15, -0.1) is 31.7 Å². The Bertz CT molecular complexity index is 2370. The van der Waals surface area contributed by atoms with Gasteiger partial charge in [-0.2, -0.15) is 13.1 Å². The molecule has 36 heteroatoms. The molecule has 0 atom stereocenters. The number of aromatic amines is 1. The quantitative estimate of drug-likeness (QED) is 0.171. The Morgan fingerprint density at radius 1 is 0.390 bits per heavy atom. The van der Waals surface area contributed by atoms with Crippen LogP contribution < -0.4 is 0 Å². The first-order valence-corrected chi connectivity index (χ1v) is 38.3. The lowest BCUT2D eigenvalue weighted by Gasteiger charge is -1.92. The maximum Gasteiger partial charge on any atom is 0.250 e. The minimum absolute atomic E-state index is 0.282. The summed E-state index contributed by atoms with van der Waals surface area (Å²) < 4.78 is 43.5. The lowest BCUT2D eigenvalue weighted by atomic mass is 10.2. The van der Waals surface area contributed by atoms with Crippen molar-refractivity contribution in [3.63, 3.8) is 0 Å². The van der Waals surface area contributed by atoms with Crippen LogP contribution in [0.5, 0.6) is 0 Å². The number of hydrogen-bond acceptors (Lipinski definition) is 35. The average molecular weight is 1560 g/mol. The Morgan fingerprint density at radius 3 is 1.11 bits per heavy atom. The number of rotatable bonds is 4. The van der Waals surface area contributed by atoms with Crippen molar-refractivity contribution in [1.82, 2.24) is 129 Å². The van der Waals surface area contributed by atoms with Crippen molar-refractivity contribution in [2.75, 3.05) is 0 Å². The van der Waals surface area contributed by atoms with Gasteiger partial charge >= 0.3 is 0 Å². The van der Waals surface area contributed by atoms with Crippen molar-refractivity contribution < 1.29 is 22.8 Å². The van der Waals surface area contributed by atoms with Crippen LogP contribution in [0.4, 0.5) is 0 Å². The lowest BCUT2D eigenvalue weighted by molar-refractivity contribution is 0.292. The molecule has 0 unspecified atom stereocenters. The van der Waals surface area contributed by atoms with Crippen LogP contribution in [0.3, 0.4) is 0 Å². The summed E-state index contributed by atoms with van der Waals surface area (Å²) in [7, 11) is 0. The van der Waals surface area contributed by atoms with Gasteiger partial charge in [-0.1, -0.05) is 261 Å². The standard InChI is InChI=1S/C5H8N2O.C5H8N2S.C4H7N3O.C4H7N3S.C4H4N2.8C4H10.C3H4N2.C3H3NO.C3H3NS.C2H2N2O.C2H2N2S.CHN3O.CHN3S/c2*1-4(2)5-3-6-8-7-5;2*1-3(2)4-5-6-7-8-4;1-2-6-4-3-5-1;8*1-4(2)3;1-2-5-3-4-1;1-2-4-5-3-1;1-2-5-3-4-1;2*1-2-5-4-3-1;2*1-2-4-5-3-1/h2*3-4H,1-2H3;2*3H,1-2H3;1-4H;8*4H,1-3H3;1-3H,(H,4,5);2*1-3H;2*1-2H;2*1H. The lowest BCUT2D eigenvalue weighted by Crippen LogP contribution is -1.85. The van der Waals surface area contributed by atoms with E-state index in [1.807, 2.05) is 44.7 Å². The van der Waals surface area contributed by atoms with Crippen molar-refractivity contribution in [3.05, 3.63) is 150 Å². The second-order valence-electron chi connectivity index (χ2n) is 26.7. The first-order chi connectivity index (χ1) is 49.6. The zero-order valence-electron chi connectivity index (χ0n) is 68.8. The van der Waals surface area contributed by atoms with E-state index in [9.17, 15) is 0 Å². The number of nitrogens with one attached hydrogen (secondary N) is 1. The summed E-state index contributed by atoms with van der Waals surface area (Å²) in [4.78, 5) is 17.6. The summed E-state index contributed by atoms with van der Waals surface area (Å²) in [5.74, 6) is 8.94. The molecular formula is C69H130N26O5S5. The number of nitrogens with zero attached hydrogens (tertiary/aromatic N) is 25. The highest BCUT2D eigenvalue weighted by Crippen LogP contribution is 2.12. The highest BCUT2D eigenvalue weighted by atomic mass is 32.1. The van der Waals surface area contributed by atoms with Gasteiger partial charge in [0.05, 0.1) is 82.5 Å². The fourth-order valence-corrected chi connectivity index (χ4v) is 4.71. The summed E-state index contributed by atoms with van der Waals surface area (Å²) in [5, 5.41) is 55.1. The summed E-state index contributed by atoms with van der Waals surface area (Å²) in [5.41, 5.74) is 3.79. The third-order valence-electron chi connectivity index (χ3n) is 6.16. The molecule has 0 aliphatic rings. The van der Waals surface area contributed by atoms with Crippen molar-refractivity contribution >= 4 is 57.9 Å². The molecule has 0 amide bonds. The molecule has 0 radical (unpaired) electrons. The molecular weight excluding hydrogens is 1430 g/mol. The van der Waals surface area contributed by atoms with Crippen molar-refractivity contribution in [2.24, 2.45) is 47.3 Å². The van der Waals surface area contributed by atoms with Crippen LogP contribution in [-0.2, 0) is 0 Å². The van der Waals surface area contributed by atoms with Crippen LogP contribution in [0.15, 0.2) is 151 Å². The molecule has 31 nitrogen and oxygen atoms in total. The van der Waals surface area contributed by atoms with E-state index >= 15 is 0 Å². The van der Waals surface area contributed by atoms with E-state index in [-0.39, 0.29) is 5.92 Å². The van der Waals surface area contributed by atoms with Crippen LogP contribution in [0.2, 0.25) is 0 Å². The Kier molecular flexibility index (Phi) is 98.3. The van der Waals surface area contributed by atoms with Crippen molar-refractivity contribution in [1.29, 1.82) is 0 Å². The van der Waals surface area contributed by atoms with Crippen LogP contribution in [0, 0.1) is 47.3 Å². The normalized spacial score (nSPS) is 9.03. The third kappa shape index (κ3) is 143. The largest absolute Gasteiger partial charge is 0.365 e. The van der Waals surface area contributed by atoms with E-state index in [1.54, 1.807) is 91.2 Å². The smallest absolute Gasteiger partial charge is 0.250 e. The minimum Gasteiger partial charge on any atom is -0.365 e. The Morgan fingerprint density at radius 2 is 0.962 bits per heavy atom. The number of thiazole rings is 1. The molecule has 0 spiro atoms. The van der Waals surface area contributed by atoms with Crippen LogP contribution in [0.1, 0.15) is 268 Å². The molecule has 0 fully saturated rings. The minimum atomic E-state index is 0.282. The molecule has 0 aromatic carbocycles.